The Morgan fingerprint density at radius 1 is 1.70 bits per heavy atom. The van der Waals surface area contributed by atoms with E-state index in [1.807, 2.05) is 43.8 Å². The lowest BCUT2D eigenvalue weighted by atomic mass is 10.5. The lowest BCUT2D eigenvalue weighted by Gasteiger charge is -1.97. The minimum absolute atomic E-state index is 1.06. The van der Waals surface area contributed by atoms with Crippen LogP contribution in [-0.4, -0.2) is 9.78 Å². The molecule has 0 atom stereocenters. The van der Waals surface area contributed by atoms with Gasteiger partial charge in [-0.3, -0.25) is 0 Å². The fourth-order valence-corrected chi connectivity index (χ4v) is 0.744. The highest BCUT2D eigenvalue weighted by atomic mass is 15.3. The SMILES string of the molecule is CC=C(C)n1ccc(C)n1. The molecule has 0 amide bonds. The van der Waals surface area contributed by atoms with Crippen LogP contribution in [0.3, 0.4) is 0 Å². The zero-order chi connectivity index (χ0) is 7.56. The number of rotatable bonds is 1. The topological polar surface area (TPSA) is 17.8 Å². The zero-order valence-corrected chi connectivity index (χ0v) is 6.63. The predicted molar refractivity (Wildman–Crippen MR) is 42.6 cm³/mol. The first-order valence-electron chi connectivity index (χ1n) is 3.39. The zero-order valence-electron chi connectivity index (χ0n) is 6.63. The second kappa shape index (κ2) is 2.69. The summed E-state index contributed by atoms with van der Waals surface area (Å²) in [6.45, 7) is 6.03. The number of aromatic nitrogens is 2. The minimum atomic E-state index is 1.06. The molecule has 0 saturated heterocycles. The van der Waals surface area contributed by atoms with E-state index >= 15 is 0 Å². The minimum Gasteiger partial charge on any atom is -0.245 e. The summed E-state index contributed by atoms with van der Waals surface area (Å²) in [5, 5.41) is 4.23. The van der Waals surface area contributed by atoms with E-state index in [0.29, 0.717) is 0 Å². The molecule has 0 radical (unpaired) electrons. The van der Waals surface area contributed by atoms with E-state index in [0.717, 1.165) is 11.4 Å². The van der Waals surface area contributed by atoms with Crippen LogP contribution in [0.4, 0.5) is 0 Å². The molecule has 0 saturated carbocycles. The van der Waals surface area contributed by atoms with Gasteiger partial charge in [-0.1, -0.05) is 6.08 Å². The molecule has 0 aromatic carbocycles. The standard InChI is InChI=1S/C8H12N2/c1-4-8(3)10-6-5-7(2)9-10/h4-6H,1-3H3. The van der Waals surface area contributed by atoms with E-state index in [1.54, 1.807) is 0 Å². The van der Waals surface area contributed by atoms with E-state index in [4.69, 9.17) is 0 Å². The molecule has 0 aliphatic rings. The van der Waals surface area contributed by atoms with Crippen molar-refractivity contribution in [3.05, 3.63) is 24.0 Å². The van der Waals surface area contributed by atoms with Gasteiger partial charge in [0.1, 0.15) is 0 Å². The van der Waals surface area contributed by atoms with E-state index in [1.165, 1.54) is 0 Å². The molecule has 54 valence electrons. The van der Waals surface area contributed by atoms with Crippen LogP contribution in [0.15, 0.2) is 18.3 Å². The molecule has 2 nitrogen and oxygen atoms in total. The Balaban J connectivity index is 2.95. The van der Waals surface area contributed by atoms with Gasteiger partial charge in [0.25, 0.3) is 0 Å². The van der Waals surface area contributed by atoms with Crippen LogP contribution >= 0.6 is 0 Å². The third kappa shape index (κ3) is 1.26. The van der Waals surface area contributed by atoms with Gasteiger partial charge >= 0.3 is 0 Å². The highest BCUT2D eigenvalue weighted by Crippen LogP contribution is 2.01. The number of allylic oxidation sites excluding steroid dienone is 2. The Morgan fingerprint density at radius 2 is 2.40 bits per heavy atom. The first kappa shape index (κ1) is 7.06. The summed E-state index contributed by atoms with van der Waals surface area (Å²) >= 11 is 0. The summed E-state index contributed by atoms with van der Waals surface area (Å²) in [5.74, 6) is 0. The third-order valence-corrected chi connectivity index (χ3v) is 1.50. The molecular weight excluding hydrogens is 124 g/mol. The van der Waals surface area contributed by atoms with Crippen molar-refractivity contribution in [2.45, 2.75) is 20.8 Å². The number of nitrogens with zero attached hydrogens (tertiary/aromatic N) is 2. The molecule has 0 fully saturated rings. The van der Waals surface area contributed by atoms with Gasteiger partial charge in [-0.2, -0.15) is 5.10 Å². The predicted octanol–water partition coefficient (Wildman–Crippen LogP) is 2.07. The third-order valence-electron chi connectivity index (χ3n) is 1.50. The molecule has 10 heavy (non-hydrogen) atoms. The van der Waals surface area contributed by atoms with Gasteiger partial charge in [0, 0.05) is 11.9 Å². The molecule has 0 aliphatic carbocycles. The second-order valence-electron chi connectivity index (χ2n) is 2.33. The van der Waals surface area contributed by atoms with Crippen molar-refractivity contribution >= 4 is 5.70 Å². The molecular formula is C8H12N2. The maximum absolute atomic E-state index is 4.23. The average Bonchev–Trinajstić information content (AvgIpc) is 2.34. The summed E-state index contributed by atoms with van der Waals surface area (Å²) < 4.78 is 1.87. The quantitative estimate of drug-likeness (QED) is 0.578. The van der Waals surface area contributed by atoms with Crippen LogP contribution in [0.5, 0.6) is 0 Å². The summed E-state index contributed by atoms with van der Waals surface area (Å²) in [6, 6.07) is 1.99. The monoisotopic (exact) mass is 136 g/mol. The Hall–Kier alpha value is -1.05. The van der Waals surface area contributed by atoms with Crippen LogP contribution in [0.2, 0.25) is 0 Å². The first-order chi connectivity index (χ1) is 4.74. The van der Waals surface area contributed by atoms with Gasteiger partial charge in [0.05, 0.1) is 5.69 Å². The van der Waals surface area contributed by atoms with Crippen LogP contribution in [0, 0.1) is 6.92 Å². The molecule has 0 unspecified atom stereocenters. The van der Waals surface area contributed by atoms with Crippen molar-refractivity contribution in [1.82, 2.24) is 9.78 Å². The highest BCUT2D eigenvalue weighted by Gasteiger charge is 1.92. The lowest BCUT2D eigenvalue weighted by molar-refractivity contribution is 0.875. The highest BCUT2D eigenvalue weighted by molar-refractivity contribution is 5.39. The fraction of sp³-hybridized carbons (Fsp3) is 0.375. The van der Waals surface area contributed by atoms with Gasteiger partial charge in [-0.25, -0.2) is 4.68 Å². The van der Waals surface area contributed by atoms with E-state index in [-0.39, 0.29) is 0 Å². The largest absolute Gasteiger partial charge is 0.245 e. The molecule has 0 N–H and O–H groups in total. The summed E-state index contributed by atoms with van der Waals surface area (Å²) in [7, 11) is 0. The molecule has 0 bridgehead atoms. The Kier molecular flexibility index (Phi) is 1.90. The summed E-state index contributed by atoms with van der Waals surface area (Å²) in [6.07, 6.45) is 4.00. The molecule has 2 heteroatoms. The molecule has 1 aromatic heterocycles. The van der Waals surface area contributed by atoms with Crippen LogP contribution in [-0.2, 0) is 0 Å². The van der Waals surface area contributed by atoms with Crippen LogP contribution in [0.25, 0.3) is 5.70 Å². The molecule has 1 heterocycles. The van der Waals surface area contributed by atoms with Crippen molar-refractivity contribution < 1.29 is 0 Å². The normalized spacial score (nSPS) is 12.1. The summed E-state index contributed by atoms with van der Waals surface area (Å²) in [5.41, 5.74) is 2.22. The van der Waals surface area contributed by atoms with Crippen LogP contribution < -0.4 is 0 Å². The van der Waals surface area contributed by atoms with E-state index in [9.17, 15) is 0 Å². The van der Waals surface area contributed by atoms with Gasteiger partial charge in [-0.15, -0.1) is 0 Å². The van der Waals surface area contributed by atoms with Crippen molar-refractivity contribution in [3.8, 4) is 0 Å². The first-order valence-corrected chi connectivity index (χ1v) is 3.39. The molecule has 0 spiro atoms. The second-order valence-corrected chi connectivity index (χ2v) is 2.33. The van der Waals surface area contributed by atoms with E-state index in [2.05, 4.69) is 5.10 Å². The van der Waals surface area contributed by atoms with Gasteiger partial charge in [0.15, 0.2) is 0 Å². The fourth-order valence-electron chi connectivity index (χ4n) is 0.744. The maximum Gasteiger partial charge on any atom is 0.0598 e. The Morgan fingerprint density at radius 3 is 2.80 bits per heavy atom. The number of hydrogen-bond donors (Lipinski definition) is 0. The van der Waals surface area contributed by atoms with Crippen molar-refractivity contribution in [2.75, 3.05) is 0 Å². The molecule has 1 rings (SSSR count). The Bertz CT molecular complexity index is 246. The van der Waals surface area contributed by atoms with Gasteiger partial charge in [0.2, 0.25) is 0 Å². The summed E-state index contributed by atoms with van der Waals surface area (Å²) in [4.78, 5) is 0. The Labute approximate surface area is 61.2 Å². The van der Waals surface area contributed by atoms with Crippen molar-refractivity contribution in [1.29, 1.82) is 0 Å². The van der Waals surface area contributed by atoms with Gasteiger partial charge < -0.3 is 0 Å². The maximum atomic E-state index is 4.23. The van der Waals surface area contributed by atoms with Crippen molar-refractivity contribution in [3.63, 3.8) is 0 Å². The number of aryl methyl sites for hydroxylation is 1. The number of hydrogen-bond acceptors (Lipinski definition) is 1. The van der Waals surface area contributed by atoms with Crippen LogP contribution in [0.1, 0.15) is 19.5 Å². The molecule has 0 aliphatic heterocycles. The van der Waals surface area contributed by atoms with Gasteiger partial charge in [-0.05, 0) is 26.8 Å². The molecule has 1 aromatic rings. The van der Waals surface area contributed by atoms with Crippen molar-refractivity contribution in [2.24, 2.45) is 0 Å². The average molecular weight is 136 g/mol. The lowest BCUT2D eigenvalue weighted by Crippen LogP contribution is -1.93. The smallest absolute Gasteiger partial charge is 0.0598 e. The van der Waals surface area contributed by atoms with E-state index < -0.39 is 0 Å².